The molecular weight excluding hydrogens is 276 g/mol. The van der Waals surface area contributed by atoms with Crippen molar-refractivity contribution in [3.63, 3.8) is 0 Å². The minimum atomic E-state index is -2.52. The average Bonchev–Trinajstić information content (AvgIpc) is 2.44. The molecule has 0 saturated carbocycles. The van der Waals surface area contributed by atoms with E-state index in [1.165, 1.54) is 7.11 Å². The molecule has 0 amide bonds. The molecule has 20 heavy (non-hydrogen) atoms. The van der Waals surface area contributed by atoms with Crippen molar-refractivity contribution in [3.05, 3.63) is 34.4 Å². The number of esters is 1. The van der Waals surface area contributed by atoms with Crippen LogP contribution in [0.5, 0.6) is 0 Å². The Morgan fingerprint density at radius 1 is 1.20 bits per heavy atom. The zero-order valence-corrected chi connectivity index (χ0v) is 13.2. The van der Waals surface area contributed by atoms with E-state index in [1.807, 2.05) is 13.0 Å². The molecule has 0 aliphatic carbocycles. The van der Waals surface area contributed by atoms with Gasteiger partial charge in [0.15, 0.2) is 0 Å². The van der Waals surface area contributed by atoms with Gasteiger partial charge in [0.25, 0.3) is 0 Å². The summed E-state index contributed by atoms with van der Waals surface area (Å²) in [4.78, 5) is 11.8. The van der Waals surface area contributed by atoms with Gasteiger partial charge in [0, 0.05) is 0 Å². The largest absolute Gasteiger partial charge is 0.465 e. The highest BCUT2D eigenvalue weighted by Gasteiger charge is 2.17. The van der Waals surface area contributed by atoms with Crippen molar-refractivity contribution >= 4 is 16.7 Å². The normalized spacial score (nSPS) is 10.8. The predicted molar refractivity (Wildman–Crippen MR) is 79.8 cm³/mol. The summed E-state index contributed by atoms with van der Waals surface area (Å²) in [6.07, 6.45) is 3.50. The van der Waals surface area contributed by atoms with E-state index < -0.39 is 16.7 Å². The fourth-order valence-corrected chi connectivity index (χ4v) is 3.03. The van der Waals surface area contributed by atoms with Crippen LogP contribution in [0.4, 0.5) is 0 Å². The lowest BCUT2D eigenvalue weighted by atomic mass is 9.92. The molecule has 0 N–H and O–H groups in total. The molecule has 1 aromatic rings. The number of carbonyl (C=O) groups excluding carboxylic acids is 1. The summed E-state index contributed by atoms with van der Waals surface area (Å²) >= 11 is 0. The average molecular weight is 298 g/mol. The molecule has 0 aliphatic heterocycles. The van der Waals surface area contributed by atoms with Crippen LogP contribution in [0.2, 0.25) is 0 Å². The van der Waals surface area contributed by atoms with Crippen LogP contribution in [0.1, 0.15) is 53.7 Å². The van der Waals surface area contributed by atoms with E-state index in [-0.39, 0.29) is 5.75 Å². The Bertz CT molecular complexity index is 539. The van der Waals surface area contributed by atoms with Crippen molar-refractivity contribution in [1.82, 2.24) is 0 Å². The number of thiol groups is 1. The van der Waals surface area contributed by atoms with Gasteiger partial charge in [-0.2, -0.15) is 0 Å². The lowest BCUT2D eigenvalue weighted by Crippen LogP contribution is -2.11. The number of ether oxygens (including phenoxy) is 1. The van der Waals surface area contributed by atoms with Crippen LogP contribution in [-0.2, 0) is 34.0 Å². The van der Waals surface area contributed by atoms with Gasteiger partial charge in [0.1, 0.15) is 10.7 Å². The van der Waals surface area contributed by atoms with Crippen molar-refractivity contribution in [3.8, 4) is 0 Å². The van der Waals surface area contributed by atoms with Crippen LogP contribution in [-0.4, -0.2) is 21.5 Å². The highest BCUT2D eigenvalue weighted by molar-refractivity contribution is 7.71. The van der Waals surface area contributed by atoms with Crippen LogP contribution in [0, 0.1) is 0 Å². The van der Waals surface area contributed by atoms with Gasteiger partial charge < -0.3 is 4.74 Å². The Labute approximate surface area is 122 Å². The Hall–Kier alpha value is -1.36. The van der Waals surface area contributed by atoms with Gasteiger partial charge in [-0.25, -0.2) is 13.2 Å². The molecule has 0 bridgehead atoms. The first kappa shape index (κ1) is 16.7. The second kappa shape index (κ2) is 8.04. The summed E-state index contributed by atoms with van der Waals surface area (Å²) in [7, 11) is -1.18. The summed E-state index contributed by atoms with van der Waals surface area (Å²) in [6.45, 7) is 4.02. The predicted octanol–water partition coefficient (Wildman–Crippen LogP) is 2.49. The maximum Gasteiger partial charge on any atom is 0.338 e. The number of rotatable bonds is 7. The van der Waals surface area contributed by atoms with Crippen LogP contribution in [0.15, 0.2) is 12.1 Å². The third-order valence-corrected chi connectivity index (χ3v) is 3.95. The molecule has 0 atom stereocenters. The number of hydrogen-bond acceptors (Lipinski definition) is 4. The number of unbranched alkanes of at least 4 members (excludes halogenated alkanes) is 1. The minimum Gasteiger partial charge on any atom is -0.465 e. The van der Waals surface area contributed by atoms with E-state index in [0.29, 0.717) is 12.0 Å². The number of methoxy groups -OCH3 is 1. The Balaban J connectivity index is 3.37. The van der Waals surface area contributed by atoms with Crippen molar-refractivity contribution < 1.29 is 17.9 Å². The first-order valence-corrected chi connectivity index (χ1v) is 8.25. The molecule has 1 rings (SSSR count). The van der Waals surface area contributed by atoms with Crippen molar-refractivity contribution in [1.29, 1.82) is 0 Å². The topological polar surface area (TPSA) is 60.4 Å². The molecule has 0 fully saturated rings. The van der Waals surface area contributed by atoms with Crippen LogP contribution >= 0.6 is 0 Å². The molecule has 0 heterocycles. The third-order valence-electron chi connectivity index (χ3n) is 3.37. The summed E-state index contributed by atoms with van der Waals surface area (Å²) < 4.78 is 27.0. The zero-order chi connectivity index (χ0) is 15.1. The molecule has 0 aliphatic rings. The van der Waals surface area contributed by atoms with Gasteiger partial charge in [-0.05, 0) is 42.0 Å². The second-order valence-corrected chi connectivity index (χ2v) is 5.65. The van der Waals surface area contributed by atoms with Crippen LogP contribution in [0.3, 0.4) is 0 Å². The van der Waals surface area contributed by atoms with Gasteiger partial charge in [-0.3, -0.25) is 0 Å². The number of aryl methyl sites for hydroxylation is 1. The SMILES string of the molecule is CCCCc1ccc(C(=O)OC)c(CC)c1C[SH](=O)=O. The van der Waals surface area contributed by atoms with Gasteiger partial charge >= 0.3 is 5.97 Å². The molecular formula is C15H22O4S. The van der Waals surface area contributed by atoms with Crippen LogP contribution in [0.25, 0.3) is 0 Å². The molecule has 1 aromatic carbocycles. The van der Waals surface area contributed by atoms with Crippen molar-refractivity contribution in [2.24, 2.45) is 0 Å². The standard InChI is InChI=1S/C15H22O4S/c1-4-6-7-11-8-9-13(15(16)19-3)12(5-2)14(11)10-20(17)18/h8-9,20H,4-7,10H2,1-3H3. The van der Waals surface area contributed by atoms with E-state index in [4.69, 9.17) is 4.74 Å². The van der Waals surface area contributed by atoms with Gasteiger partial charge in [-0.15, -0.1) is 0 Å². The van der Waals surface area contributed by atoms with Crippen molar-refractivity contribution in [2.45, 2.75) is 45.3 Å². The highest BCUT2D eigenvalue weighted by atomic mass is 32.2. The fraction of sp³-hybridized carbons (Fsp3) is 0.533. The molecule has 0 radical (unpaired) electrons. The fourth-order valence-electron chi connectivity index (χ4n) is 2.37. The molecule has 0 aromatic heterocycles. The lowest BCUT2D eigenvalue weighted by molar-refractivity contribution is 0.0599. The van der Waals surface area contributed by atoms with Gasteiger partial charge in [0.05, 0.1) is 18.4 Å². The molecule has 112 valence electrons. The summed E-state index contributed by atoms with van der Waals surface area (Å²) in [6, 6.07) is 3.60. The summed E-state index contributed by atoms with van der Waals surface area (Å²) in [5.74, 6) is -0.422. The third kappa shape index (κ3) is 4.07. The molecule has 0 spiro atoms. The first-order valence-electron chi connectivity index (χ1n) is 6.88. The van der Waals surface area contributed by atoms with E-state index in [1.54, 1.807) is 6.07 Å². The van der Waals surface area contributed by atoms with E-state index >= 15 is 0 Å². The molecule has 5 heteroatoms. The van der Waals surface area contributed by atoms with Crippen LogP contribution < -0.4 is 0 Å². The van der Waals surface area contributed by atoms with Gasteiger partial charge in [-0.1, -0.05) is 26.3 Å². The Kier molecular flexibility index (Phi) is 6.71. The lowest BCUT2D eigenvalue weighted by Gasteiger charge is -2.15. The molecule has 0 unspecified atom stereocenters. The summed E-state index contributed by atoms with van der Waals surface area (Å²) in [5.41, 5.74) is 3.07. The number of hydrogen-bond donors (Lipinski definition) is 1. The maximum absolute atomic E-state index is 11.8. The highest BCUT2D eigenvalue weighted by Crippen LogP contribution is 2.23. The number of benzene rings is 1. The van der Waals surface area contributed by atoms with E-state index in [0.717, 1.165) is 36.0 Å². The van der Waals surface area contributed by atoms with E-state index in [2.05, 4.69) is 6.92 Å². The quantitative estimate of drug-likeness (QED) is 0.620. The Morgan fingerprint density at radius 2 is 1.90 bits per heavy atom. The molecule has 0 saturated heterocycles. The monoisotopic (exact) mass is 298 g/mol. The number of carbonyl (C=O) groups is 1. The minimum absolute atomic E-state index is 0.0115. The second-order valence-electron chi connectivity index (χ2n) is 4.67. The smallest absolute Gasteiger partial charge is 0.338 e. The Morgan fingerprint density at radius 3 is 2.40 bits per heavy atom. The molecule has 4 nitrogen and oxygen atoms in total. The maximum atomic E-state index is 11.8. The van der Waals surface area contributed by atoms with Gasteiger partial charge in [0.2, 0.25) is 0 Å². The van der Waals surface area contributed by atoms with E-state index in [9.17, 15) is 13.2 Å². The van der Waals surface area contributed by atoms with Crippen molar-refractivity contribution in [2.75, 3.05) is 7.11 Å². The summed E-state index contributed by atoms with van der Waals surface area (Å²) in [5, 5.41) is 0. The zero-order valence-electron chi connectivity index (χ0n) is 12.3. The first-order chi connectivity index (χ1) is 9.54.